The zero-order chi connectivity index (χ0) is 25.1. The van der Waals surface area contributed by atoms with Crippen molar-refractivity contribution in [1.82, 2.24) is 14.3 Å². The minimum atomic E-state index is -3.63. The van der Waals surface area contributed by atoms with E-state index in [0.29, 0.717) is 46.6 Å². The smallest absolute Gasteiger partial charge is 0.252 e. The van der Waals surface area contributed by atoms with Gasteiger partial charge >= 0.3 is 0 Å². The van der Waals surface area contributed by atoms with E-state index in [2.05, 4.69) is 4.98 Å². The molecule has 1 atom stereocenters. The highest BCUT2D eigenvalue weighted by Crippen LogP contribution is 2.36. The lowest BCUT2D eigenvalue weighted by molar-refractivity contribution is -0.123. The number of anilines is 1. The van der Waals surface area contributed by atoms with Crippen LogP contribution in [0.1, 0.15) is 25.5 Å². The van der Waals surface area contributed by atoms with Crippen molar-refractivity contribution in [1.29, 1.82) is 0 Å². The van der Waals surface area contributed by atoms with Gasteiger partial charge in [-0.25, -0.2) is 13.4 Å². The maximum Gasteiger partial charge on any atom is 0.252 e. The molecule has 4 heterocycles. The largest absolute Gasteiger partial charge is 0.492 e. The van der Waals surface area contributed by atoms with E-state index in [1.165, 1.54) is 27.0 Å². The minimum Gasteiger partial charge on any atom is -0.492 e. The number of para-hydroxylation sites is 1. The number of pyridine rings is 1. The van der Waals surface area contributed by atoms with Crippen LogP contribution in [0, 0.1) is 5.92 Å². The highest BCUT2D eigenvalue weighted by molar-refractivity contribution is 7.91. The molecule has 1 saturated heterocycles. The molecule has 36 heavy (non-hydrogen) atoms. The number of carbonyl (C=O) groups is 1. The maximum atomic E-state index is 14.0. The average Bonchev–Trinajstić information content (AvgIpc) is 3.59. The molecule has 4 aromatic rings. The molecular weight excluding hydrogens is 517 g/mol. The molecule has 3 aromatic heterocycles. The van der Waals surface area contributed by atoms with Crippen LogP contribution in [-0.2, 0) is 21.4 Å². The Morgan fingerprint density at radius 1 is 1.19 bits per heavy atom. The number of rotatable bonds is 8. The average molecular weight is 543 g/mol. The molecule has 1 aromatic carbocycles. The quantitative estimate of drug-likeness (QED) is 0.318. The topological polar surface area (TPSA) is 92.7 Å². The number of amides is 1. The van der Waals surface area contributed by atoms with E-state index < -0.39 is 15.9 Å². The second-order valence-electron chi connectivity index (χ2n) is 8.41. The van der Waals surface area contributed by atoms with Gasteiger partial charge in [-0.2, -0.15) is 4.31 Å². The Morgan fingerprint density at radius 2 is 2.08 bits per heavy atom. The molecular formula is C25H26N4O4S3. The number of piperidine rings is 1. The van der Waals surface area contributed by atoms with Crippen LogP contribution >= 0.6 is 22.7 Å². The molecule has 0 saturated carbocycles. The van der Waals surface area contributed by atoms with Gasteiger partial charge < -0.3 is 4.74 Å². The summed E-state index contributed by atoms with van der Waals surface area (Å²) in [6.07, 6.45) is 2.93. The summed E-state index contributed by atoms with van der Waals surface area (Å²) < 4.78 is 34.7. The molecule has 188 valence electrons. The van der Waals surface area contributed by atoms with Crippen LogP contribution in [0.15, 0.2) is 64.3 Å². The van der Waals surface area contributed by atoms with Crippen LogP contribution in [0.4, 0.5) is 5.13 Å². The van der Waals surface area contributed by atoms with Crippen molar-refractivity contribution in [3.63, 3.8) is 0 Å². The third kappa shape index (κ3) is 5.01. The first-order valence-electron chi connectivity index (χ1n) is 11.7. The summed E-state index contributed by atoms with van der Waals surface area (Å²) in [4.78, 5) is 24.8. The van der Waals surface area contributed by atoms with E-state index in [1.807, 2.05) is 43.3 Å². The van der Waals surface area contributed by atoms with E-state index in [-0.39, 0.29) is 19.0 Å². The number of hydrogen-bond acceptors (Lipinski definition) is 8. The lowest BCUT2D eigenvalue weighted by Gasteiger charge is -2.33. The summed E-state index contributed by atoms with van der Waals surface area (Å²) in [7, 11) is -3.63. The molecule has 11 heteroatoms. The molecule has 0 spiro atoms. The van der Waals surface area contributed by atoms with Crippen LogP contribution in [0.2, 0.25) is 0 Å². The number of thiophene rings is 1. The highest BCUT2D eigenvalue weighted by Gasteiger charge is 2.36. The van der Waals surface area contributed by atoms with Crippen molar-refractivity contribution in [3.05, 3.63) is 65.8 Å². The van der Waals surface area contributed by atoms with Gasteiger partial charge in [0.1, 0.15) is 15.5 Å². The summed E-state index contributed by atoms with van der Waals surface area (Å²) in [5, 5.41) is 2.29. The summed E-state index contributed by atoms with van der Waals surface area (Å²) in [6.45, 7) is 3.23. The van der Waals surface area contributed by atoms with Crippen molar-refractivity contribution in [2.45, 2.75) is 30.5 Å². The van der Waals surface area contributed by atoms with E-state index in [4.69, 9.17) is 9.72 Å². The first-order chi connectivity index (χ1) is 17.5. The van der Waals surface area contributed by atoms with Gasteiger partial charge in [0.15, 0.2) is 5.13 Å². The predicted molar refractivity (Wildman–Crippen MR) is 142 cm³/mol. The van der Waals surface area contributed by atoms with Gasteiger partial charge in [0, 0.05) is 19.3 Å². The monoisotopic (exact) mass is 542 g/mol. The Bertz CT molecular complexity index is 1440. The van der Waals surface area contributed by atoms with Gasteiger partial charge in [-0.05, 0) is 55.5 Å². The number of ether oxygens (including phenoxy) is 1. The van der Waals surface area contributed by atoms with Crippen LogP contribution in [0.25, 0.3) is 10.2 Å². The van der Waals surface area contributed by atoms with Gasteiger partial charge in [0.05, 0.1) is 29.5 Å². The standard InChI is InChI=1S/C25H26N4O4S3/c1-2-33-20-10-5-11-21-23(20)27-25(35-21)29(17-19-9-3-4-13-26-19)24(30)18-8-6-14-28(16-18)36(31,32)22-12-7-15-34-22/h3-5,7,9-13,15,18H,2,6,8,14,16-17H2,1H3. The number of carbonyl (C=O) groups excluding carboxylic acids is 1. The molecule has 1 fully saturated rings. The van der Waals surface area contributed by atoms with Crippen molar-refractivity contribution in [2.75, 3.05) is 24.6 Å². The fraction of sp³-hybridized carbons (Fsp3) is 0.320. The number of hydrogen-bond donors (Lipinski definition) is 0. The molecule has 1 unspecified atom stereocenters. The normalized spacial score (nSPS) is 16.8. The fourth-order valence-electron chi connectivity index (χ4n) is 4.31. The van der Waals surface area contributed by atoms with E-state index in [1.54, 1.807) is 28.6 Å². The van der Waals surface area contributed by atoms with Crippen molar-refractivity contribution < 1.29 is 17.9 Å². The van der Waals surface area contributed by atoms with Gasteiger partial charge in [-0.1, -0.05) is 29.5 Å². The second kappa shape index (κ2) is 10.6. The van der Waals surface area contributed by atoms with Crippen molar-refractivity contribution in [2.24, 2.45) is 5.92 Å². The molecule has 0 aliphatic carbocycles. The first-order valence-corrected chi connectivity index (χ1v) is 14.9. The Hall–Kier alpha value is -2.86. The summed E-state index contributed by atoms with van der Waals surface area (Å²) in [5.74, 6) is 0.0490. The Morgan fingerprint density at radius 3 is 2.83 bits per heavy atom. The molecule has 8 nitrogen and oxygen atoms in total. The molecule has 0 radical (unpaired) electrons. The van der Waals surface area contributed by atoms with E-state index >= 15 is 0 Å². The zero-order valence-corrected chi connectivity index (χ0v) is 22.2. The molecule has 5 rings (SSSR count). The van der Waals surface area contributed by atoms with Gasteiger partial charge in [0.2, 0.25) is 5.91 Å². The Kier molecular flexibility index (Phi) is 7.33. The summed E-state index contributed by atoms with van der Waals surface area (Å²) >= 11 is 2.61. The highest BCUT2D eigenvalue weighted by atomic mass is 32.2. The van der Waals surface area contributed by atoms with Crippen molar-refractivity contribution >= 4 is 54.0 Å². The zero-order valence-electron chi connectivity index (χ0n) is 19.7. The lowest BCUT2D eigenvalue weighted by atomic mass is 9.98. The Balaban J connectivity index is 1.47. The van der Waals surface area contributed by atoms with Gasteiger partial charge in [0.25, 0.3) is 10.0 Å². The first kappa shape index (κ1) is 24.8. The van der Waals surface area contributed by atoms with Crippen LogP contribution in [0.3, 0.4) is 0 Å². The maximum absolute atomic E-state index is 14.0. The molecule has 1 aliphatic rings. The summed E-state index contributed by atoms with van der Waals surface area (Å²) in [5.41, 5.74) is 1.44. The van der Waals surface area contributed by atoms with Crippen molar-refractivity contribution in [3.8, 4) is 5.75 Å². The van der Waals surface area contributed by atoms with E-state index in [0.717, 1.165) is 10.4 Å². The molecule has 1 amide bonds. The second-order valence-corrected chi connectivity index (χ2v) is 12.5. The molecule has 0 bridgehead atoms. The third-order valence-corrected chi connectivity index (χ3v) is 10.3. The number of benzene rings is 1. The number of aromatic nitrogens is 2. The van der Waals surface area contributed by atoms with E-state index in [9.17, 15) is 13.2 Å². The lowest BCUT2D eigenvalue weighted by Crippen LogP contribution is -2.46. The van der Waals surface area contributed by atoms with Crippen LogP contribution < -0.4 is 9.64 Å². The fourth-order valence-corrected chi connectivity index (χ4v) is 7.97. The SMILES string of the molecule is CCOc1cccc2sc(N(Cc3ccccn3)C(=O)C3CCCN(S(=O)(=O)c4cccs4)C3)nc12. The Labute approximate surface area is 218 Å². The third-order valence-electron chi connectivity index (χ3n) is 6.04. The molecule has 0 N–H and O–H groups in total. The van der Waals surface area contributed by atoms with Crippen LogP contribution in [-0.4, -0.2) is 48.3 Å². The minimum absolute atomic E-state index is 0.146. The van der Waals surface area contributed by atoms with Gasteiger partial charge in [-0.15, -0.1) is 11.3 Å². The number of thiazole rings is 1. The molecule has 1 aliphatic heterocycles. The van der Waals surface area contributed by atoms with Crippen LogP contribution in [0.5, 0.6) is 5.75 Å². The summed E-state index contributed by atoms with van der Waals surface area (Å²) in [6, 6.07) is 14.6. The predicted octanol–water partition coefficient (Wildman–Crippen LogP) is 4.79. The number of nitrogens with zero attached hydrogens (tertiary/aromatic N) is 4. The number of sulfonamides is 1. The van der Waals surface area contributed by atoms with Gasteiger partial charge in [-0.3, -0.25) is 14.7 Å². The number of fused-ring (bicyclic) bond motifs is 1.